The second-order valence-corrected chi connectivity index (χ2v) is 3.01. The fraction of sp³-hybridized carbons (Fsp3) is 0.625. The van der Waals surface area contributed by atoms with Crippen LogP contribution in [-0.2, 0) is 9.53 Å². The molecule has 70 valence electrons. The Morgan fingerprint density at radius 2 is 2.42 bits per heavy atom. The zero-order valence-electron chi connectivity index (χ0n) is 7.06. The lowest BCUT2D eigenvalue weighted by molar-refractivity contribution is -0.124. The van der Waals surface area contributed by atoms with Gasteiger partial charge in [0.05, 0.1) is 18.0 Å². The summed E-state index contributed by atoms with van der Waals surface area (Å²) in [6.45, 7) is 5.27. The summed E-state index contributed by atoms with van der Waals surface area (Å²) < 4.78 is 4.89. The highest BCUT2D eigenvalue weighted by Crippen LogP contribution is 2.03. The van der Waals surface area contributed by atoms with E-state index in [9.17, 15) is 4.79 Å². The Morgan fingerprint density at radius 1 is 1.83 bits per heavy atom. The Morgan fingerprint density at radius 3 is 2.83 bits per heavy atom. The van der Waals surface area contributed by atoms with Gasteiger partial charge in [0.25, 0.3) is 0 Å². The topological polar surface area (TPSA) is 46.5 Å². The molecule has 0 spiro atoms. The van der Waals surface area contributed by atoms with E-state index in [2.05, 4.69) is 19.2 Å². The van der Waals surface area contributed by atoms with Crippen LogP contribution in [0.1, 0.15) is 6.92 Å². The first-order valence-electron chi connectivity index (χ1n) is 3.67. The number of ketones is 1. The number of rotatable bonds is 6. The van der Waals surface area contributed by atoms with Crippen molar-refractivity contribution in [1.82, 2.24) is 0 Å². The summed E-state index contributed by atoms with van der Waals surface area (Å²) in [6, 6.07) is 0. The molecule has 0 bridgehead atoms. The molecule has 0 rings (SSSR count). The van der Waals surface area contributed by atoms with Crippen molar-refractivity contribution in [2.75, 3.05) is 13.2 Å². The molecule has 0 aromatic carbocycles. The van der Waals surface area contributed by atoms with Gasteiger partial charge in [0, 0.05) is 0 Å². The van der Waals surface area contributed by atoms with E-state index >= 15 is 0 Å². The van der Waals surface area contributed by atoms with Gasteiger partial charge in [0.1, 0.15) is 6.61 Å². The number of hydrogen-bond donors (Lipinski definition) is 2. The van der Waals surface area contributed by atoms with E-state index in [1.165, 1.54) is 6.92 Å². The summed E-state index contributed by atoms with van der Waals surface area (Å²) in [5.74, 6) is -0.213. The van der Waals surface area contributed by atoms with Crippen LogP contribution < -0.4 is 0 Å². The minimum absolute atomic E-state index is 0.0227. The maximum atomic E-state index is 11.1. The minimum Gasteiger partial charge on any atom is -0.392 e. The summed E-state index contributed by atoms with van der Waals surface area (Å²) in [5, 5.41) is 8.32. The molecule has 1 N–H and O–H groups in total. The van der Waals surface area contributed by atoms with Crippen LogP contribution in [-0.4, -0.2) is 35.5 Å². The van der Waals surface area contributed by atoms with Crippen molar-refractivity contribution in [3.05, 3.63) is 12.7 Å². The number of aliphatic hydroxyl groups is 1. The first-order chi connectivity index (χ1) is 5.59. The molecule has 0 saturated heterocycles. The van der Waals surface area contributed by atoms with Crippen LogP contribution in [0.2, 0.25) is 0 Å². The lowest BCUT2D eigenvalue weighted by Gasteiger charge is -2.11. The normalized spacial score (nSPS) is 15.2. The second-order valence-electron chi connectivity index (χ2n) is 2.46. The number of Topliss-reactive ketones (excluding diaryl/α,β-unsaturated/α-hetero) is 1. The lowest BCUT2D eigenvalue weighted by atomic mass is 10.2. The molecule has 3 nitrogen and oxygen atoms in total. The Labute approximate surface area is 77.8 Å². The van der Waals surface area contributed by atoms with Crippen molar-refractivity contribution in [2.24, 2.45) is 0 Å². The first-order valence-corrected chi connectivity index (χ1v) is 4.18. The number of carbonyl (C=O) groups excluding carboxylic acids is 1. The van der Waals surface area contributed by atoms with Crippen LogP contribution in [0.4, 0.5) is 0 Å². The number of hydrogen-bond acceptors (Lipinski definition) is 4. The van der Waals surface area contributed by atoms with Crippen LogP contribution in [0, 0.1) is 0 Å². The molecule has 0 aromatic heterocycles. The van der Waals surface area contributed by atoms with Gasteiger partial charge < -0.3 is 9.84 Å². The molecular weight excluding hydrogens is 176 g/mol. The van der Waals surface area contributed by atoms with Crippen molar-refractivity contribution in [2.45, 2.75) is 18.3 Å². The number of carbonyl (C=O) groups is 1. The molecule has 0 aliphatic heterocycles. The van der Waals surface area contributed by atoms with Crippen LogP contribution in [0.15, 0.2) is 12.7 Å². The molecule has 0 saturated carbocycles. The molecule has 0 radical (unpaired) electrons. The van der Waals surface area contributed by atoms with Gasteiger partial charge in [-0.1, -0.05) is 6.08 Å². The second kappa shape index (κ2) is 6.22. The molecule has 0 heterocycles. The van der Waals surface area contributed by atoms with Gasteiger partial charge in [-0.3, -0.25) is 4.79 Å². The highest BCUT2D eigenvalue weighted by Gasteiger charge is 2.18. The predicted molar refractivity (Wildman–Crippen MR) is 50.5 cm³/mol. The Hall–Kier alpha value is -0.320. The quantitative estimate of drug-likeness (QED) is 0.363. The first kappa shape index (κ1) is 11.7. The van der Waals surface area contributed by atoms with Crippen LogP contribution >= 0.6 is 12.6 Å². The van der Waals surface area contributed by atoms with Crippen molar-refractivity contribution < 1.29 is 14.6 Å². The van der Waals surface area contributed by atoms with Gasteiger partial charge in [-0.05, 0) is 6.92 Å². The van der Waals surface area contributed by atoms with E-state index in [1.807, 2.05) is 0 Å². The molecule has 0 aliphatic carbocycles. The van der Waals surface area contributed by atoms with Crippen LogP contribution in [0.25, 0.3) is 0 Å². The molecule has 0 fully saturated rings. The molecule has 0 aliphatic rings. The lowest BCUT2D eigenvalue weighted by Crippen LogP contribution is -2.29. The van der Waals surface area contributed by atoms with Gasteiger partial charge in [-0.15, -0.1) is 6.58 Å². The van der Waals surface area contributed by atoms with Gasteiger partial charge >= 0.3 is 0 Å². The van der Waals surface area contributed by atoms with Gasteiger partial charge in [0.15, 0.2) is 5.78 Å². The third-order valence-corrected chi connectivity index (χ3v) is 1.99. The van der Waals surface area contributed by atoms with Crippen molar-refractivity contribution >= 4 is 18.4 Å². The summed E-state index contributed by atoms with van der Waals surface area (Å²) in [6.07, 6.45) is 0.816. The fourth-order valence-corrected chi connectivity index (χ4v) is 0.672. The Bertz CT molecular complexity index is 156. The predicted octanol–water partition coefficient (Wildman–Crippen LogP) is 0.437. The van der Waals surface area contributed by atoms with Crippen molar-refractivity contribution in [3.8, 4) is 0 Å². The molecule has 4 heteroatoms. The number of aliphatic hydroxyl groups excluding tert-OH is 1. The van der Waals surface area contributed by atoms with Crippen molar-refractivity contribution in [1.29, 1.82) is 0 Å². The Balaban J connectivity index is 3.64. The summed E-state index contributed by atoms with van der Waals surface area (Å²) >= 11 is 3.92. The van der Waals surface area contributed by atoms with Gasteiger partial charge in [0.2, 0.25) is 0 Å². The minimum atomic E-state index is -0.742. The van der Waals surface area contributed by atoms with E-state index in [0.29, 0.717) is 6.61 Å². The largest absolute Gasteiger partial charge is 0.392 e. The van der Waals surface area contributed by atoms with Crippen LogP contribution in [0.3, 0.4) is 0 Å². The molecule has 2 unspecified atom stereocenters. The maximum Gasteiger partial charge on any atom is 0.173 e. The highest BCUT2D eigenvalue weighted by atomic mass is 32.1. The van der Waals surface area contributed by atoms with E-state index < -0.39 is 11.4 Å². The van der Waals surface area contributed by atoms with Crippen LogP contribution in [0.5, 0.6) is 0 Å². The maximum absolute atomic E-state index is 11.1. The standard InChI is InChI=1S/C8H14O3S/c1-3-4-11-5-7(10)8(12)6(2)9/h3,6,8-9,12H,1,4-5H2,2H3. The average molecular weight is 190 g/mol. The molecular formula is C8H14O3S. The van der Waals surface area contributed by atoms with E-state index in [-0.39, 0.29) is 12.4 Å². The Kier molecular flexibility index (Phi) is 6.06. The van der Waals surface area contributed by atoms with Crippen molar-refractivity contribution in [3.63, 3.8) is 0 Å². The molecule has 2 atom stereocenters. The summed E-state index contributed by atoms with van der Waals surface area (Å²) in [7, 11) is 0. The van der Waals surface area contributed by atoms with E-state index in [0.717, 1.165) is 0 Å². The number of ether oxygens (including phenoxy) is 1. The summed E-state index contributed by atoms with van der Waals surface area (Å²) in [4.78, 5) is 11.1. The molecule has 0 aromatic rings. The third kappa shape index (κ3) is 4.54. The molecule has 0 amide bonds. The zero-order chi connectivity index (χ0) is 9.56. The highest BCUT2D eigenvalue weighted by molar-refractivity contribution is 7.81. The average Bonchev–Trinajstić information content (AvgIpc) is 2.03. The monoisotopic (exact) mass is 190 g/mol. The molecule has 12 heavy (non-hydrogen) atoms. The summed E-state index contributed by atoms with van der Waals surface area (Å²) in [5.41, 5.74) is 0. The number of thiol groups is 1. The smallest absolute Gasteiger partial charge is 0.173 e. The fourth-order valence-electron chi connectivity index (χ4n) is 0.597. The van der Waals surface area contributed by atoms with E-state index in [1.54, 1.807) is 6.08 Å². The zero-order valence-corrected chi connectivity index (χ0v) is 7.96. The van der Waals surface area contributed by atoms with Gasteiger partial charge in [-0.2, -0.15) is 12.6 Å². The third-order valence-electron chi connectivity index (χ3n) is 1.27. The van der Waals surface area contributed by atoms with Gasteiger partial charge in [-0.25, -0.2) is 0 Å². The van der Waals surface area contributed by atoms with E-state index in [4.69, 9.17) is 9.84 Å². The SMILES string of the molecule is C=CCOCC(=O)C(S)C(C)O.